The first-order chi connectivity index (χ1) is 18.1. The van der Waals surface area contributed by atoms with Crippen molar-refractivity contribution in [2.75, 3.05) is 6.61 Å². The molecule has 0 aromatic carbocycles. The summed E-state index contributed by atoms with van der Waals surface area (Å²) >= 11 is -13.4. The van der Waals surface area contributed by atoms with Gasteiger partial charge in [-0.25, -0.2) is 0 Å². The van der Waals surface area contributed by atoms with Crippen LogP contribution in [0, 0.1) is 0 Å². The van der Waals surface area contributed by atoms with Crippen molar-refractivity contribution in [2.45, 2.75) is 72.8 Å². The van der Waals surface area contributed by atoms with Crippen LogP contribution in [0.1, 0.15) is 6.92 Å². The van der Waals surface area contributed by atoms with Gasteiger partial charge in [-0.05, 0) is 0 Å². The van der Waals surface area contributed by atoms with Crippen LogP contribution in [0.5, 0.6) is 0 Å². The number of halogens is 27. The van der Waals surface area contributed by atoms with Gasteiger partial charge in [-0.2, -0.15) is 0 Å². The zero-order chi connectivity index (χ0) is 35.9. The summed E-state index contributed by atoms with van der Waals surface area (Å²) in [4.78, 5) is 0. The van der Waals surface area contributed by atoms with Gasteiger partial charge in [0, 0.05) is 0 Å². The molecule has 0 radical (unpaired) electrons. The van der Waals surface area contributed by atoms with E-state index < -0.39 is 98.2 Å². The molecule has 0 atom stereocenters. The molecule has 0 spiro atoms. The Kier molecular flexibility index (Phi) is 10.2. The van der Waals surface area contributed by atoms with E-state index in [0.717, 1.165) is 0 Å². The topological polar surface area (TPSA) is 9.23 Å². The fourth-order valence-corrected chi connectivity index (χ4v) is 14.2. The Hall–Kier alpha value is -1.13. The van der Waals surface area contributed by atoms with E-state index in [9.17, 15) is 119 Å². The zero-order valence-electron chi connectivity index (χ0n) is 18.8. The Bertz CT molecular complexity index is 875. The molecule has 43 heavy (non-hydrogen) atoms. The van der Waals surface area contributed by atoms with Gasteiger partial charge in [-0.15, -0.1) is 0 Å². The minimum atomic E-state index is -13.4. The molecule has 0 bridgehead atoms. The fraction of sp³-hybridized carbons (Fsp3) is 1.00. The molecule has 0 aromatic rings. The van der Waals surface area contributed by atoms with E-state index in [2.05, 4.69) is 3.07 Å². The Labute approximate surface area is 220 Å². The van der Waals surface area contributed by atoms with Crippen LogP contribution < -0.4 is 0 Å². The second kappa shape index (κ2) is 10.4. The summed E-state index contributed by atoms with van der Waals surface area (Å²) in [7, 11) is 0. The quantitative estimate of drug-likeness (QED) is 0.150. The summed E-state index contributed by atoms with van der Waals surface area (Å²) in [6, 6.07) is 0. The molecule has 1 nitrogen and oxygen atoms in total. The average molecular weight is 821 g/mol. The van der Waals surface area contributed by atoms with Gasteiger partial charge >= 0.3 is 220 Å². The molecule has 29 heteroatoms. The van der Waals surface area contributed by atoms with Gasteiger partial charge in [-0.1, -0.05) is 0 Å². The van der Waals surface area contributed by atoms with E-state index >= 15 is 0 Å². The van der Waals surface area contributed by atoms with Crippen LogP contribution in [0.4, 0.5) is 119 Å². The van der Waals surface area contributed by atoms with Gasteiger partial charge in [0.25, 0.3) is 0 Å². The van der Waals surface area contributed by atoms with Gasteiger partial charge in [0.2, 0.25) is 0 Å². The number of alkyl halides is 27. The van der Waals surface area contributed by atoms with E-state index in [1.807, 2.05) is 0 Å². The summed E-state index contributed by atoms with van der Waals surface area (Å²) in [6.07, 6.45) is -25.4. The summed E-state index contributed by atoms with van der Waals surface area (Å²) in [5, 5.41) is 0. The first-order valence-corrected chi connectivity index (χ1v) is 14.7. The first-order valence-electron chi connectivity index (χ1n) is 9.30. The third kappa shape index (κ3) is 5.02. The van der Waals surface area contributed by atoms with Gasteiger partial charge in [-0.3, -0.25) is 0 Å². The molecule has 0 saturated carbocycles. The van der Waals surface area contributed by atoms with Gasteiger partial charge in [0.05, 0.1) is 0 Å². The van der Waals surface area contributed by atoms with Crippen LogP contribution in [0.15, 0.2) is 0 Å². The van der Waals surface area contributed by atoms with Crippen molar-refractivity contribution in [3.05, 3.63) is 0 Å². The van der Waals surface area contributed by atoms with Crippen LogP contribution in [0.3, 0.4) is 0 Å². The molecule has 0 heterocycles. The maximum absolute atomic E-state index is 14.7. The van der Waals surface area contributed by atoms with E-state index in [1.165, 1.54) is 0 Å². The maximum atomic E-state index is 14.7. The molecule has 0 unspecified atom stereocenters. The van der Waals surface area contributed by atoms with E-state index in [-0.39, 0.29) is 0 Å². The molecule has 0 aliphatic carbocycles. The standard InChI is InChI=1S/3C4F9.C2H5O.Sn/c3*5-1(6)2(7,8)3(9,10)4(11,12)13;1-2-3;/h;;;2H2,1H3;/q;;;-1;+1. The SMILES string of the molecule is CC[O][Sn]([C](F)(F)C(F)(F)C(F)(F)C(F)(F)F)([C](F)(F)C(F)(F)C(F)(F)C(F)(F)F)[C](F)(F)C(F)(F)C(F)(F)C(F)(F)F. The summed E-state index contributed by atoms with van der Waals surface area (Å²) in [5.41, 5.74) is 0. The van der Waals surface area contributed by atoms with Crippen LogP contribution in [0.2, 0.25) is 0 Å². The molecular formula is C14H5F27OSn. The molecule has 0 aromatic heterocycles. The van der Waals surface area contributed by atoms with Crippen molar-refractivity contribution in [3.8, 4) is 0 Å². The summed E-state index contributed by atoms with van der Waals surface area (Å²) < 4.78 is 337. The van der Waals surface area contributed by atoms with Crippen molar-refractivity contribution in [3.63, 3.8) is 0 Å². The van der Waals surface area contributed by atoms with Gasteiger partial charge in [0.15, 0.2) is 0 Å². The fourth-order valence-electron chi connectivity index (χ4n) is 2.87. The second-order valence-corrected chi connectivity index (χ2v) is 17.9. The monoisotopic (exact) mass is 822 g/mol. The molecule has 0 aliphatic heterocycles. The Balaban J connectivity index is 8.92. The molecule has 0 rings (SSSR count). The molecule has 260 valence electrons. The first kappa shape index (κ1) is 41.9. The van der Waals surface area contributed by atoms with Gasteiger partial charge < -0.3 is 0 Å². The number of hydrogen-bond acceptors (Lipinski definition) is 1. The molecular weight excluding hydrogens is 816 g/mol. The molecule has 0 aliphatic rings. The summed E-state index contributed by atoms with van der Waals surface area (Å²) in [6.45, 7) is -3.92. The second-order valence-electron chi connectivity index (χ2n) is 7.78. The molecule has 0 saturated heterocycles. The normalized spacial score (nSPS) is 17.0. The number of rotatable bonds is 11. The third-order valence-electron chi connectivity index (χ3n) is 5.12. The zero-order valence-corrected chi connectivity index (χ0v) is 21.7. The van der Waals surface area contributed by atoms with Crippen LogP contribution in [-0.2, 0) is 3.07 Å². The van der Waals surface area contributed by atoms with Crippen LogP contribution >= 0.6 is 0 Å². The molecule has 0 fully saturated rings. The average Bonchev–Trinajstić information content (AvgIpc) is 2.73. The molecule has 0 N–H and O–H groups in total. The van der Waals surface area contributed by atoms with Crippen molar-refractivity contribution in [2.24, 2.45) is 0 Å². The molecule has 0 amide bonds. The predicted octanol–water partition coefficient (Wildman–Crippen LogP) is 8.99. The van der Waals surface area contributed by atoms with Crippen LogP contribution in [0.25, 0.3) is 0 Å². The Morgan fingerprint density at radius 2 is 0.488 bits per heavy atom. The van der Waals surface area contributed by atoms with Crippen molar-refractivity contribution in [1.82, 2.24) is 0 Å². The number of hydrogen-bond donors (Lipinski definition) is 0. The van der Waals surface area contributed by atoms with Crippen molar-refractivity contribution in [1.29, 1.82) is 0 Å². The van der Waals surface area contributed by atoms with Crippen LogP contribution in [-0.4, -0.2) is 91.3 Å². The van der Waals surface area contributed by atoms with E-state index in [0.29, 0.717) is 0 Å². The van der Waals surface area contributed by atoms with E-state index in [1.54, 1.807) is 0 Å². The van der Waals surface area contributed by atoms with Gasteiger partial charge in [0.1, 0.15) is 0 Å². The van der Waals surface area contributed by atoms with Crippen molar-refractivity contribution < 1.29 is 122 Å². The summed E-state index contributed by atoms with van der Waals surface area (Å²) in [5.74, 6) is -55.5. The predicted molar refractivity (Wildman–Crippen MR) is 80.1 cm³/mol. The Morgan fingerprint density at radius 3 is 0.605 bits per heavy atom. The Morgan fingerprint density at radius 1 is 0.326 bits per heavy atom. The van der Waals surface area contributed by atoms with E-state index in [4.69, 9.17) is 0 Å². The minimum absolute atomic E-state index is 0.673. The van der Waals surface area contributed by atoms with Crippen molar-refractivity contribution >= 4 is 18.8 Å². The third-order valence-corrected chi connectivity index (χ3v) is 17.4.